The monoisotopic (exact) mass is 425 g/mol. The molecule has 1 nitrogen and oxygen atoms in total. The van der Waals surface area contributed by atoms with E-state index in [2.05, 4.69) is 50.8 Å². The summed E-state index contributed by atoms with van der Waals surface area (Å²) in [6.07, 6.45) is 11.8. The predicted octanol–water partition coefficient (Wildman–Crippen LogP) is 7.89. The van der Waals surface area contributed by atoms with Gasteiger partial charge in [-0.2, -0.15) is 0 Å². The van der Waals surface area contributed by atoms with Gasteiger partial charge in [0.15, 0.2) is 0 Å². The maximum absolute atomic E-state index is 6.79. The number of hydrogen-bond donors (Lipinski definition) is 0. The lowest BCUT2D eigenvalue weighted by molar-refractivity contribution is 0.0969. The Morgan fingerprint density at radius 1 is 0.964 bits per heavy atom. The van der Waals surface area contributed by atoms with Gasteiger partial charge in [-0.15, -0.1) is 12.4 Å². The van der Waals surface area contributed by atoms with Gasteiger partial charge in [-0.05, 0) is 98.5 Å². The first-order valence-electron chi connectivity index (χ1n) is 11.2. The Hall–Kier alpha value is -0.240. The van der Waals surface area contributed by atoms with Crippen LogP contribution in [0, 0.1) is 10.8 Å². The minimum atomic E-state index is 0. The van der Waals surface area contributed by atoms with Gasteiger partial charge in [0.1, 0.15) is 0 Å². The van der Waals surface area contributed by atoms with Crippen LogP contribution in [0.3, 0.4) is 0 Å². The third kappa shape index (κ3) is 6.92. The van der Waals surface area contributed by atoms with E-state index in [4.69, 9.17) is 11.6 Å². The molecule has 2 aliphatic rings. The predicted molar refractivity (Wildman–Crippen MR) is 126 cm³/mol. The van der Waals surface area contributed by atoms with E-state index in [1.54, 1.807) is 0 Å². The minimum absolute atomic E-state index is 0. The Balaban J connectivity index is 0.00000280. The van der Waals surface area contributed by atoms with E-state index in [9.17, 15) is 0 Å². The van der Waals surface area contributed by atoms with E-state index in [1.165, 1.54) is 82.1 Å². The van der Waals surface area contributed by atoms with E-state index >= 15 is 0 Å². The molecule has 1 heterocycles. The minimum Gasteiger partial charge on any atom is -0.303 e. The smallest absolute Gasteiger partial charge is 0.0443 e. The quantitative estimate of drug-likeness (QED) is 0.463. The molecule has 160 valence electrons. The van der Waals surface area contributed by atoms with Crippen molar-refractivity contribution in [1.29, 1.82) is 0 Å². The van der Waals surface area contributed by atoms with Gasteiger partial charge in [0, 0.05) is 5.02 Å². The van der Waals surface area contributed by atoms with Crippen LogP contribution in [-0.4, -0.2) is 24.5 Å². The number of nitrogens with zero attached hydrogens (tertiary/aromatic N) is 1. The van der Waals surface area contributed by atoms with Crippen molar-refractivity contribution in [2.45, 2.75) is 91.4 Å². The van der Waals surface area contributed by atoms with Crippen LogP contribution in [-0.2, 0) is 6.42 Å². The average molecular weight is 427 g/mol. The lowest BCUT2D eigenvalue weighted by Gasteiger charge is -2.45. The third-order valence-electron chi connectivity index (χ3n) is 6.70. The number of hydrogen-bond acceptors (Lipinski definition) is 1. The van der Waals surface area contributed by atoms with Crippen LogP contribution >= 0.6 is 24.0 Å². The second kappa shape index (κ2) is 10.2. The Bertz CT molecular complexity index is 599. The summed E-state index contributed by atoms with van der Waals surface area (Å²) in [6.45, 7) is 13.5. The molecule has 28 heavy (non-hydrogen) atoms. The Morgan fingerprint density at radius 2 is 1.57 bits per heavy atom. The summed E-state index contributed by atoms with van der Waals surface area (Å²) >= 11 is 6.79. The van der Waals surface area contributed by atoms with Gasteiger partial charge < -0.3 is 4.90 Å². The Morgan fingerprint density at radius 3 is 2.14 bits per heavy atom. The van der Waals surface area contributed by atoms with Crippen LogP contribution in [0.25, 0.3) is 0 Å². The zero-order valence-electron chi connectivity index (χ0n) is 18.5. The number of likely N-dealkylation sites (tertiary alicyclic amines) is 1. The second-order valence-corrected chi connectivity index (χ2v) is 11.2. The van der Waals surface area contributed by atoms with Crippen LogP contribution in [0.15, 0.2) is 18.2 Å². The van der Waals surface area contributed by atoms with E-state index in [-0.39, 0.29) is 12.4 Å². The van der Waals surface area contributed by atoms with E-state index in [0.29, 0.717) is 16.7 Å². The first-order chi connectivity index (χ1) is 12.7. The molecule has 0 atom stereocenters. The largest absolute Gasteiger partial charge is 0.303 e. The SMILES string of the molecule is CC1(C)CC(c2ccc(CCCN3CCCCCC3)cc2Cl)CC(C)(C)C1.Cl. The zero-order valence-corrected chi connectivity index (χ0v) is 20.1. The number of halogens is 2. The molecular formula is C25H41Cl2N. The van der Waals surface area contributed by atoms with Crippen LogP contribution < -0.4 is 0 Å². The van der Waals surface area contributed by atoms with Crippen molar-refractivity contribution in [1.82, 2.24) is 4.90 Å². The number of benzene rings is 1. The molecule has 1 saturated heterocycles. The van der Waals surface area contributed by atoms with Crippen molar-refractivity contribution in [3.63, 3.8) is 0 Å². The molecule has 1 aliphatic carbocycles. The van der Waals surface area contributed by atoms with Crippen LogP contribution in [0.1, 0.15) is 96.1 Å². The highest BCUT2D eigenvalue weighted by atomic mass is 35.5. The number of rotatable bonds is 5. The molecular weight excluding hydrogens is 385 g/mol. The topological polar surface area (TPSA) is 3.24 Å². The number of aryl methyl sites for hydroxylation is 1. The van der Waals surface area contributed by atoms with Gasteiger partial charge in [-0.25, -0.2) is 0 Å². The van der Waals surface area contributed by atoms with Crippen molar-refractivity contribution < 1.29 is 0 Å². The molecule has 3 heteroatoms. The Kier molecular flexibility index (Phi) is 8.74. The first-order valence-corrected chi connectivity index (χ1v) is 11.6. The van der Waals surface area contributed by atoms with Crippen molar-refractivity contribution in [3.8, 4) is 0 Å². The fraction of sp³-hybridized carbons (Fsp3) is 0.760. The first kappa shape index (κ1) is 24.0. The summed E-state index contributed by atoms with van der Waals surface area (Å²) in [5.41, 5.74) is 3.60. The lowest BCUT2D eigenvalue weighted by atomic mass is 9.60. The molecule has 0 N–H and O–H groups in total. The average Bonchev–Trinajstić information content (AvgIpc) is 2.81. The zero-order chi connectivity index (χ0) is 19.5. The van der Waals surface area contributed by atoms with Crippen molar-refractivity contribution in [3.05, 3.63) is 34.3 Å². The van der Waals surface area contributed by atoms with E-state index < -0.39 is 0 Å². The molecule has 3 rings (SSSR count). The molecule has 0 aromatic heterocycles. The van der Waals surface area contributed by atoms with Gasteiger partial charge in [0.05, 0.1) is 0 Å². The standard InChI is InChI=1S/C25H40ClN.ClH/c1-24(2)17-21(18-25(3,4)19-24)22-12-11-20(16-23(22)26)10-9-15-27-13-7-5-6-8-14-27;/h11-12,16,21H,5-10,13-15,17-19H2,1-4H3;1H. The second-order valence-electron chi connectivity index (χ2n) is 10.8. The maximum atomic E-state index is 6.79. The fourth-order valence-electron chi connectivity index (χ4n) is 5.99. The lowest BCUT2D eigenvalue weighted by Crippen LogP contribution is -2.33. The summed E-state index contributed by atoms with van der Waals surface area (Å²) < 4.78 is 0. The molecule has 0 unspecified atom stereocenters. The van der Waals surface area contributed by atoms with Gasteiger partial charge in [-0.1, -0.05) is 64.3 Å². The van der Waals surface area contributed by atoms with Gasteiger partial charge in [-0.3, -0.25) is 0 Å². The molecule has 2 fully saturated rings. The van der Waals surface area contributed by atoms with Gasteiger partial charge in [0.2, 0.25) is 0 Å². The molecule has 1 aromatic rings. The molecule has 0 spiro atoms. The summed E-state index contributed by atoms with van der Waals surface area (Å²) in [4.78, 5) is 2.66. The normalized spacial score (nSPS) is 23.0. The van der Waals surface area contributed by atoms with Gasteiger partial charge in [0.25, 0.3) is 0 Å². The summed E-state index contributed by atoms with van der Waals surface area (Å²) in [6, 6.07) is 6.94. The maximum Gasteiger partial charge on any atom is 0.0443 e. The third-order valence-corrected chi connectivity index (χ3v) is 7.03. The molecule has 0 bridgehead atoms. The van der Waals surface area contributed by atoms with Crippen molar-refractivity contribution in [2.75, 3.05) is 19.6 Å². The van der Waals surface area contributed by atoms with Crippen molar-refractivity contribution >= 4 is 24.0 Å². The summed E-state index contributed by atoms with van der Waals surface area (Å²) in [5.74, 6) is 0.599. The van der Waals surface area contributed by atoms with Crippen LogP contribution in [0.4, 0.5) is 0 Å². The van der Waals surface area contributed by atoms with E-state index in [1.807, 2.05) is 0 Å². The molecule has 0 amide bonds. The molecule has 1 aromatic carbocycles. The molecule has 1 saturated carbocycles. The summed E-state index contributed by atoms with van der Waals surface area (Å²) in [5, 5.41) is 1.00. The highest BCUT2D eigenvalue weighted by Gasteiger charge is 2.39. The molecule has 0 radical (unpaired) electrons. The van der Waals surface area contributed by atoms with Crippen LogP contribution in [0.5, 0.6) is 0 Å². The summed E-state index contributed by atoms with van der Waals surface area (Å²) in [7, 11) is 0. The van der Waals surface area contributed by atoms with E-state index in [0.717, 1.165) is 11.4 Å². The highest BCUT2D eigenvalue weighted by molar-refractivity contribution is 6.31. The van der Waals surface area contributed by atoms with Crippen LogP contribution in [0.2, 0.25) is 5.02 Å². The highest BCUT2D eigenvalue weighted by Crippen LogP contribution is 2.52. The fourth-order valence-corrected chi connectivity index (χ4v) is 6.35. The molecule has 1 aliphatic heterocycles. The van der Waals surface area contributed by atoms with Gasteiger partial charge >= 0.3 is 0 Å². The Labute approximate surface area is 185 Å². The van der Waals surface area contributed by atoms with Crippen molar-refractivity contribution in [2.24, 2.45) is 10.8 Å².